The summed E-state index contributed by atoms with van der Waals surface area (Å²) in [7, 11) is 0. The molecule has 4 heteroatoms. The summed E-state index contributed by atoms with van der Waals surface area (Å²) in [5, 5.41) is 11.0. The molecule has 0 rings (SSSR count). The lowest BCUT2D eigenvalue weighted by atomic mass is 10.2. The molecule has 0 aromatic heterocycles. The summed E-state index contributed by atoms with van der Waals surface area (Å²) < 4.78 is 0. The molecule has 0 fully saturated rings. The van der Waals surface area contributed by atoms with Crippen molar-refractivity contribution in [1.29, 1.82) is 0 Å². The Labute approximate surface area is 158 Å². The van der Waals surface area contributed by atoms with E-state index >= 15 is 0 Å². The molecule has 143 valence electrons. The van der Waals surface area contributed by atoms with Gasteiger partial charge in [-0.25, -0.2) is 0 Å². The summed E-state index contributed by atoms with van der Waals surface area (Å²) in [5.74, 6) is 0. The molecule has 0 aliphatic carbocycles. The van der Waals surface area contributed by atoms with E-state index in [1.165, 1.54) is 19.3 Å². The van der Waals surface area contributed by atoms with Crippen LogP contribution in [0.1, 0.15) is 71.1 Å². The highest BCUT2D eigenvalue weighted by Crippen LogP contribution is 2.07. The van der Waals surface area contributed by atoms with Crippen LogP contribution in [0.15, 0.2) is 60.4 Å². The predicted molar refractivity (Wildman–Crippen MR) is 109 cm³/mol. The zero-order chi connectivity index (χ0) is 19.3. The van der Waals surface area contributed by atoms with Crippen molar-refractivity contribution >= 4 is 6.29 Å². The number of allylic oxidation sites excluding steroid dienone is 9. The SMILES string of the molecule is CCCCC/C=C/C/C=C/C/C=C/C/C(=C/C/C=C/CC[C]=O)[N+](=O)[O-]. The second-order valence-corrected chi connectivity index (χ2v) is 5.93. The Morgan fingerprint density at radius 1 is 0.885 bits per heavy atom. The first kappa shape index (κ1) is 23.8. The van der Waals surface area contributed by atoms with Crippen LogP contribution in [-0.2, 0) is 4.79 Å². The quantitative estimate of drug-likeness (QED) is 0.139. The molecule has 0 atom stereocenters. The fourth-order valence-corrected chi connectivity index (χ4v) is 2.17. The molecule has 0 amide bonds. The number of carbonyl (C=O) groups excluding carboxylic acids is 1. The van der Waals surface area contributed by atoms with Crippen molar-refractivity contribution < 1.29 is 9.72 Å². The summed E-state index contributed by atoms with van der Waals surface area (Å²) in [4.78, 5) is 20.7. The van der Waals surface area contributed by atoms with E-state index in [0.717, 1.165) is 19.3 Å². The molecular weight excluding hydrogens is 326 g/mol. The van der Waals surface area contributed by atoms with E-state index in [1.54, 1.807) is 6.08 Å². The first-order chi connectivity index (χ1) is 12.7. The second kappa shape index (κ2) is 19.1. The monoisotopic (exact) mass is 358 g/mol. The molecule has 0 spiro atoms. The van der Waals surface area contributed by atoms with Gasteiger partial charge in [0.25, 0.3) is 0 Å². The van der Waals surface area contributed by atoms with Gasteiger partial charge in [-0.1, -0.05) is 68.4 Å². The van der Waals surface area contributed by atoms with Crippen molar-refractivity contribution in [2.24, 2.45) is 0 Å². The molecule has 0 aromatic carbocycles. The Hall–Kier alpha value is -2.23. The third kappa shape index (κ3) is 16.6. The van der Waals surface area contributed by atoms with Crippen LogP contribution in [0.4, 0.5) is 0 Å². The van der Waals surface area contributed by atoms with Crippen LogP contribution in [0, 0.1) is 10.1 Å². The van der Waals surface area contributed by atoms with E-state index in [-0.39, 0.29) is 10.6 Å². The Morgan fingerprint density at radius 2 is 1.50 bits per heavy atom. The molecule has 4 nitrogen and oxygen atoms in total. The molecule has 0 aromatic rings. The number of rotatable bonds is 16. The van der Waals surface area contributed by atoms with Crippen LogP contribution >= 0.6 is 0 Å². The van der Waals surface area contributed by atoms with Crippen LogP contribution in [0.3, 0.4) is 0 Å². The number of nitrogens with zero attached hydrogens (tertiary/aromatic N) is 1. The van der Waals surface area contributed by atoms with Gasteiger partial charge >= 0.3 is 0 Å². The molecule has 0 aliphatic heterocycles. The topological polar surface area (TPSA) is 60.2 Å². The fourth-order valence-electron chi connectivity index (χ4n) is 2.17. The average Bonchev–Trinajstić information content (AvgIpc) is 2.63. The average molecular weight is 359 g/mol. The van der Waals surface area contributed by atoms with Gasteiger partial charge in [0.05, 0.1) is 11.3 Å². The molecule has 0 aliphatic rings. The highest BCUT2D eigenvalue weighted by molar-refractivity contribution is 5.50. The van der Waals surface area contributed by atoms with Gasteiger partial charge in [-0.05, 0) is 44.6 Å². The lowest BCUT2D eigenvalue weighted by molar-refractivity contribution is -0.427. The van der Waals surface area contributed by atoms with Crippen molar-refractivity contribution in [1.82, 2.24) is 0 Å². The summed E-state index contributed by atoms with van der Waals surface area (Å²) in [6, 6.07) is 0. The predicted octanol–water partition coefficient (Wildman–Crippen LogP) is 6.40. The summed E-state index contributed by atoms with van der Waals surface area (Å²) in [5.41, 5.74) is 0.201. The van der Waals surface area contributed by atoms with Gasteiger partial charge in [-0.3, -0.25) is 14.9 Å². The second-order valence-electron chi connectivity index (χ2n) is 5.93. The molecule has 1 radical (unpaired) electrons. The van der Waals surface area contributed by atoms with Gasteiger partial charge < -0.3 is 0 Å². The minimum absolute atomic E-state index is 0.201. The Balaban J connectivity index is 3.99. The third-order valence-electron chi connectivity index (χ3n) is 3.65. The highest BCUT2D eigenvalue weighted by Gasteiger charge is 2.06. The molecular formula is C22H32NO3. The van der Waals surface area contributed by atoms with E-state index in [0.29, 0.717) is 25.7 Å². The van der Waals surface area contributed by atoms with E-state index in [9.17, 15) is 14.9 Å². The first-order valence-corrected chi connectivity index (χ1v) is 9.50. The first-order valence-electron chi connectivity index (χ1n) is 9.50. The van der Waals surface area contributed by atoms with Crippen LogP contribution in [0.5, 0.6) is 0 Å². The van der Waals surface area contributed by atoms with Gasteiger partial charge in [-0.15, -0.1) is 0 Å². The van der Waals surface area contributed by atoms with E-state index < -0.39 is 0 Å². The van der Waals surface area contributed by atoms with Crippen molar-refractivity contribution in [2.45, 2.75) is 71.1 Å². The molecule has 0 bridgehead atoms. The number of unbranched alkanes of at least 4 members (excludes halogenated alkanes) is 4. The number of hydrogen-bond acceptors (Lipinski definition) is 3. The maximum absolute atomic E-state index is 11.0. The lowest BCUT2D eigenvalue weighted by Crippen LogP contribution is -1.97. The fraction of sp³-hybridized carbons (Fsp3) is 0.500. The Bertz CT molecular complexity index is 513. The minimum Gasteiger partial charge on any atom is -0.291 e. The van der Waals surface area contributed by atoms with E-state index in [4.69, 9.17) is 0 Å². The molecule has 0 N–H and O–H groups in total. The molecule has 26 heavy (non-hydrogen) atoms. The zero-order valence-corrected chi connectivity index (χ0v) is 15.9. The van der Waals surface area contributed by atoms with Crippen LogP contribution in [0.2, 0.25) is 0 Å². The summed E-state index contributed by atoms with van der Waals surface area (Å²) in [6.07, 6.45) is 28.0. The Morgan fingerprint density at radius 3 is 2.15 bits per heavy atom. The smallest absolute Gasteiger partial charge is 0.246 e. The highest BCUT2D eigenvalue weighted by atomic mass is 16.6. The third-order valence-corrected chi connectivity index (χ3v) is 3.65. The van der Waals surface area contributed by atoms with E-state index in [1.807, 2.05) is 30.6 Å². The maximum Gasteiger partial charge on any atom is 0.246 e. The normalized spacial score (nSPS) is 12.9. The van der Waals surface area contributed by atoms with Crippen molar-refractivity contribution in [2.75, 3.05) is 0 Å². The van der Waals surface area contributed by atoms with Gasteiger partial charge in [0.1, 0.15) is 0 Å². The van der Waals surface area contributed by atoms with Crippen LogP contribution in [0.25, 0.3) is 0 Å². The number of nitro groups is 1. The zero-order valence-electron chi connectivity index (χ0n) is 15.9. The minimum atomic E-state index is -0.337. The Kier molecular flexibility index (Phi) is 17.5. The van der Waals surface area contributed by atoms with Crippen LogP contribution < -0.4 is 0 Å². The molecule has 0 unspecified atom stereocenters. The van der Waals surface area contributed by atoms with Crippen molar-refractivity contribution in [3.8, 4) is 0 Å². The van der Waals surface area contributed by atoms with Gasteiger partial charge in [0.2, 0.25) is 5.70 Å². The van der Waals surface area contributed by atoms with Gasteiger partial charge in [0, 0.05) is 6.42 Å². The molecule has 0 saturated heterocycles. The molecule has 0 saturated carbocycles. The number of hydrogen-bond donors (Lipinski definition) is 0. The van der Waals surface area contributed by atoms with Gasteiger partial charge in [0.15, 0.2) is 6.29 Å². The largest absolute Gasteiger partial charge is 0.291 e. The van der Waals surface area contributed by atoms with Crippen LogP contribution in [-0.4, -0.2) is 11.2 Å². The van der Waals surface area contributed by atoms with Crippen molar-refractivity contribution in [3.05, 3.63) is 70.5 Å². The maximum atomic E-state index is 11.0. The van der Waals surface area contributed by atoms with Crippen molar-refractivity contribution in [3.63, 3.8) is 0 Å². The standard InChI is InChI=1S/C22H32NO3/c1-2-3-4-5-6-7-8-9-10-11-13-16-19-22(23(25)26)20-17-14-12-15-18-21-24/h6-7,9-10,12-14,16,20H,2-5,8,11,15,17-19H2,1H3/b7-6+,10-9+,14-12+,16-13+,22-20-. The summed E-state index contributed by atoms with van der Waals surface area (Å²) in [6.45, 7) is 2.21. The molecule has 0 heterocycles. The van der Waals surface area contributed by atoms with Gasteiger partial charge in [-0.2, -0.15) is 0 Å². The summed E-state index contributed by atoms with van der Waals surface area (Å²) >= 11 is 0. The lowest BCUT2D eigenvalue weighted by Gasteiger charge is -1.93. The van der Waals surface area contributed by atoms with E-state index in [2.05, 4.69) is 31.2 Å².